The highest BCUT2D eigenvalue weighted by Crippen LogP contribution is 2.32. The number of hydrogen-bond acceptors (Lipinski definition) is 3. The van der Waals surface area contributed by atoms with Gasteiger partial charge >= 0.3 is 6.03 Å². The molecule has 1 aliphatic rings. The number of likely N-dealkylation sites (tertiary alicyclic amines) is 1. The highest BCUT2D eigenvalue weighted by molar-refractivity contribution is 5.75. The van der Waals surface area contributed by atoms with Crippen LogP contribution in [0.4, 0.5) is 9.18 Å². The van der Waals surface area contributed by atoms with Crippen LogP contribution in [0, 0.1) is 12.7 Å². The van der Waals surface area contributed by atoms with Crippen molar-refractivity contribution in [1.29, 1.82) is 0 Å². The number of aliphatic hydroxyl groups excluding tert-OH is 1. The number of aryl methyl sites for hydroxylation is 2. The van der Waals surface area contributed by atoms with Crippen LogP contribution in [0.25, 0.3) is 0 Å². The van der Waals surface area contributed by atoms with Gasteiger partial charge in [0.05, 0.1) is 23.9 Å². The van der Waals surface area contributed by atoms with E-state index >= 15 is 0 Å². The quantitative estimate of drug-likeness (QED) is 0.897. The van der Waals surface area contributed by atoms with Crippen LogP contribution in [0.5, 0.6) is 0 Å². The van der Waals surface area contributed by atoms with Crippen LogP contribution in [0.1, 0.15) is 42.2 Å². The molecule has 3 rings (SSSR count). The highest BCUT2D eigenvalue weighted by atomic mass is 19.1. The second-order valence-corrected chi connectivity index (χ2v) is 6.63. The van der Waals surface area contributed by atoms with Gasteiger partial charge in [0.1, 0.15) is 5.82 Å². The Morgan fingerprint density at radius 1 is 1.48 bits per heavy atom. The van der Waals surface area contributed by atoms with Crippen LogP contribution in [0.3, 0.4) is 0 Å². The third-order valence-corrected chi connectivity index (χ3v) is 4.63. The minimum Gasteiger partial charge on any atom is -0.391 e. The smallest absolute Gasteiger partial charge is 0.318 e. The minimum atomic E-state index is -0.616. The summed E-state index contributed by atoms with van der Waals surface area (Å²) in [5.74, 6) is -0.349. The average molecular weight is 346 g/mol. The SMILES string of the molecule is Cc1nn(C)cc1[C@H](C)NC(=O)N1C[C@@H](O)C[C@H]1c1cccc(F)c1. The molecular weight excluding hydrogens is 323 g/mol. The summed E-state index contributed by atoms with van der Waals surface area (Å²) < 4.78 is 15.2. The fourth-order valence-electron chi connectivity index (χ4n) is 3.46. The number of rotatable bonds is 3. The number of aromatic nitrogens is 2. The predicted octanol–water partition coefficient (Wildman–Crippen LogP) is 2.45. The fourth-order valence-corrected chi connectivity index (χ4v) is 3.46. The second-order valence-electron chi connectivity index (χ2n) is 6.63. The molecule has 0 bridgehead atoms. The van der Waals surface area contributed by atoms with Crippen LogP contribution >= 0.6 is 0 Å². The summed E-state index contributed by atoms with van der Waals surface area (Å²) in [4.78, 5) is 14.3. The zero-order valence-corrected chi connectivity index (χ0v) is 14.6. The zero-order chi connectivity index (χ0) is 18.1. The number of urea groups is 1. The number of amides is 2. The maximum Gasteiger partial charge on any atom is 0.318 e. The Labute approximate surface area is 146 Å². The number of carbonyl (C=O) groups is 1. The first-order valence-corrected chi connectivity index (χ1v) is 8.36. The molecule has 1 aromatic heterocycles. The van der Waals surface area contributed by atoms with Gasteiger partial charge in [-0.1, -0.05) is 12.1 Å². The Balaban J connectivity index is 1.76. The normalized spacial score (nSPS) is 21.4. The highest BCUT2D eigenvalue weighted by Gasteiger charge is 2.36. The van der Waals surface area contributed by atoms with Gasteiger partial charge in [-0.3, -0.25) is 4.68 Å². The van der Waals surface area contributed by atoms with Crippen LogP contribution < -0.4 is 5.32 Å². The van der Waals surface area contributed by atoms with Crippen molar-refractivity contribution in [1.82, 2.24) is 20.0 Å². The Bertz CT molecular complexity index is 776. The van der Waals surface area contributed by atoms with Crippen molar-refractivity contribution >= 4 is 6.03 Å². The molecule has 0 radical (unpaired) electrons. The number of nitrogens with zero attached hydrogens (tertiary/aromatic N) is 3. The standard InChI is InChI=1S/C18H23FN4O2/c1-11(16-10-22(3)21-12(16)2)20-18(25)23-9-15(24)8-17(23)13-5-4-6-14(19)7-13/h4-7,10-11,15,17,24H,8-9H2,1-3H3,(H,20,25)/t11-,15-,17-/m0/s1. The van der Waals surface area contributed by atoms with Crippen molar-refractivity contribution in [3.8, 4) is 0 Å². The molecule has 0 spiro atoms. The lowest BCUT2D eigenvalue weighted by molar-refractivity contribution is 0.168. The number of β-amino-alcohol motifs (C(OH)–C–C–N with tert-alkyl or cyclic N) is 1. The Morgan fingerprint density at radius 3 is 2.88 bits per heavy atom. The van der Waals surface area contributed by atoms with Crippen molar-refractivity contribution in [2.75, 3.05) is 6.54 Å². The van der Waals surface area contributed by atoms with Gasteiger partial charge in [-0.2, -0.15) is 5.10 Å². The number of hydrogen-bond donors (Lipinski definition) is 2. The first-order chi connectivity index (χ1) is 11.8. The van der Waals surface area contributed by atoms with Crippen LogP contribution in [0.2, 0.25) is 0 Å². The summed E-state index contributed by atoms with van der Waals surface area (Å²) in [6.45, 7) is 4.02. The molecule has 1 aliphatic heterocycles. The molecular formula is C18H23FN4O2. The molecule has 2 amide bonds. The average Bonchev–Trinajstić information content (AvgIpc) is 3.09. The molecule has 2 heterocycles. The van der Waals surface area contributed by atoms with E-state index in [2.05, 4.69) is 10.4 Å². The maximum absolute atomic E-state index is 13.5. The molecule has 2 aromatic rings. The number of carbonyl (C=O) groups excluding carboxylic acids is 1. The molecule has 7 heteroatoms. The number of benzene rings is 1. The monoisotopic (exact) mass is 346 g/mol. The van der Waals surface area contributed by atoms with Crippen molar-refractivity contribution in [3.63, 3.8) is 0 Å². The van der Waals surface area contributed by atoms with Crippen molar-refractivity contribution in [2.45, 2.75) is 38.5 Å². The van der Waals surface area contributed by atoms with Gasteiger partial charge in [-0.15, -0.1) is 0 Å². The zero-order valence-electron chi connectivity index (χ0n) is 14.6. The summed E-state index contributed by atoms with van der Waals surface area (Å²) in [5, 5.41) is 17.3. The van der Waals surface area contributed by atoms with Crippen LogP contribution in [-0.2, 0) is 7.05 Å². The largest absolute Gasteiger partial charge is 0.391 e. The van der Waals surface area contributed by atoms with Gasteiger partial charge in [-0.05, 0) is 38.0 Å². The minimum absolute atomic E-state index is 0.216. The predicted molar refractivity (Wildman–Crippen MR) is 91.4 cm³/mol. The van der Waals surface area contributed by atoms with E-state index in [9.17, 15) is 14.3 Å². The molecule has 0 saturated carbocycles. The summed E-state index contributed by atoms with van der Waals surface area (Å²) in [6.07, 6.45) is 1.66. The second kappa shape index (κ2) is 6.84. The number of aliphatic hydroxyl groups is 1. The van der Waals surface area contributed by atoms with Crippen molar-refractivity contribution in [2.24, 2.45) is 7.05 Å². The van der Waals surface area contributed by atoms with Crippen LogP contribution in [-0.4, -0.2) is 38.5 Å². The summed E-state index contributed by atoms with van der Waals surface area (Å²) in [5.41, 5.74) is 2.49. The van der Waals surface area contributed by atoms with E-state index in [1.165, 1.54) is 12.1 Å². The molecule has 1 fully saturated rings. The van der Waals surface area contributed by atoms with E-state index in [1.54, 1.807) is 21.7 Å². The molecule has 1 aromatic carbocycles. The van der Waals surface area contributed by atoms with E-state index in [-0.39, 0.29) is 30.5 Å². The molecule has 134 valence electrons. The fraction of sp³-hybridized carbons (Fsp3) is 0.444. The summed E-state index contributed by atoms with van der Waals surface area (Å²) in [7, 11) is 1.84. The molecule has 0 unspecified atom stereocenters. The molecule has 2 N–H and O–H groups in total. The molecule has 3 atom stereocenters. The van der Waals surface area contributed by atoms with E-state index in [4.69, 9.17) is 0 Å². The lowest BCUT2D eigenvalue weighted by atomic mass is 10.0. The van der Waals surface area contributed by atoms with E-state index in [0.717, 1.165) is 11.3 Å². The number of nitrogens with one attached hydrogen (secondary N) is 1. The van der Waals surface area contributed by atoms with Gasteiger partial charge in [-0.25, -0.2) is 9.18 Å². The first-order valence-electron chi connectivity index (χ1n) is 8.36. The third kappa shape index (κ3) is 3.66. The van der Waals surface area contributed by atoms with Gasteiger partial charge in [0.15, 0.2) is 0 Å². The van der Waals surface area contributed by atoms with E-state index < -0.39 is 6.10 Å². The molecule has 25 heavy (non-hydrogen) atoms. The van der Waals surface area contributed by atoms with E-state index in [0.29, 0.717) is 12.0 Å². The topological polar surface area (TPSA) is 70.4 Å². The maximum atomic E-state index is 13.5. The Kier molecular flexibility index (Phi) is 4.76. The summed E-state index contributed by atoms with van der Waals surface area (Å²) in [6, 6.07) is 5.35. The van der Waals surface area contributed by atoms with Gasteiger partial charge in [0, 0.05) is 25.4 Å². The Hall–Kier alpha value is -2.41. The van der Waals surface area contributed by atoms with Crippen molar-refractivity contribution in [3.05, 3.63) is 53.1 Å². The lowest BCUT2D eigenvalue weighted by Crippen LogP contribution is -2.41. The Morgan fingerprint density at radius 2 is 2.24 bits per heavy atom. The van der Waals surface area contributed by atoms with Crippen LogP contribution in [0.15, 0.2) is 30.5 Å². The van der Waals surface area contributed by atoms with Gasteiger partial charge in [0.25, 0.3) is 0 Å². The van der Waals surface area contributed by atoms with Gasteiger partial charge < -0.3 is 15.3 Å². The number of halogens is 1. The lowest BCUT2D eigenvalue weighted by Gasteiger charge is -2.27. The van der Waals surface area contributed by atoms with Crippen molar-refractivity contribution < 1.29 is 14.3 Å². The summed E-state index contributed by atoms with van der Waals surface area (Å²) >= 11 is 0. The molecule has 0 aliphatic carbocycles. The van der Waals surface area contributed by atoms with Gasteiger partial charge in [0.2, 0.25) is 0 Å². The molecule has 1 saturated heterocycles. The van der Waals surface area contributed by atoms with E-state index in [1.807, 2.05) is 27.1 Å². The molecule has 6 nitrogen and oxygen atoms in total. The third-order valence-electron chi connectivity index (χ3n) is 4.63. The first kappa shape index (κ1) is 17.4.